The highest BCUT2D eigenvalue weighted by atomic mass is 16.5. The molecule has 0 spiro atoms. The predicted molar refractivity (Wildman–Crippen MR) is 82.9 cm³/mol. The van der Waals surface area contributed by atoms with Crippen molar-refractivity contribution in [2.24, 2.45) is 0 Å². The Morgan fingerprint density at radius 2 is 2.05 bits per heavy atom. The van der Waals surface area contributed by atoms with Crippen LogP contribution in [0.3, 0.4) is 0 Å². The first-order valence-corrected chi connectivity index (χ1v) is 7.03. The lowest BCUT2D eigenvalue weighted by Crippen LogP contribution is -2.29. The van der Waals surface area contributed by atoms with Crippen molar-refractivity contribution in [2.45, 2.75) is 13.5 Å². The van der Waals surface area contributed by atoms with E-state index in [9.17, 15) is 9.59 Å². The number of fused-ring (bicyclic) bond motifs is 1. The van der Waals surface area contributed by atoms with Crippen molar-refractivity contribution in [1.82, 2.24) is 5.32 Å². The van der Waals surface area contributed by atoms with Crippen LogP contribution in [0.25, 0.3) is 0 Å². The van der Waals surface area contributed by atoms with E-state index in [0.717, 1.165) is 11.1 Å². The molecule has 1 heterocycles. The molecule has 112 valence electrons. The third-order valence-corrected chi connectivity index (χ3v) is 3.59. The summed E-state index contributed by atoms with van der Waals surface area (Å²) in [6, 6.07) is 13.0. The van der Waals surface area contributed by atoms with Crippen LogP contribution in [0.5, 0.6) is 5.75 Å². The van der Waals surface area contributed by atoms with E-state index in [1.54, 1.807) is 18.2 Å². The molecule has 0 bridgehead atoms. The first kappa shape index (κ1) is 14.1. The van der Waals surface area contributed by atoms with Crippen LogP contribution < -0.4 is 15.4 Å². The van der Waals surface area contributed by atoms with Gasteiger partial charge >= 0.3 is 0 Å². The van der Waals surface area contributed by atoms with Crippen molar-refractivity contribution >= 4 is 17.5 Å². The number of carbonyl (C=O) groups is 2. The standard InChI is InChI=1S/C17H16N2O3/c1-11-5-2-3-6-12(11)9-18-17(21)13-7-4-8-14-16(13)19-15(20)10-22-14/h2-8H,9-10H2,1H3,(H,18,21)(H,19,20). The molecular weight excluding hydrogens is 280 g/mol. The summed E-state index contributed by atoms with van der Waals surface area (Å²) in [5.74, 6) is 0.0145. The highest BCUT2D eigenvalue weighted by Crippen LogP contribution is 2.31. The average molecular weight is 296 g/mol. The first-order valence-electron chi connectivity index (χ1n) is 7.03. The van der Waals surface area contributed by atoms with Gasteiger partial charge in [0.2, 0.25) is 0 Å². The van der Waals surface area contributed by atoms with Gasteiger partial charge in [-0.3, -0.25) is 9.59 Å². The molecule has 0 atom stereocenters. The SMILES string of the molecule is Cc1ccccc1CNC(=O)c1cccc2c1NC(=O)CO2. The molecule has 3 rings (SSSR count). The maximum absolute atomic E-state index is 12.4. The number of hydrogen-bond donors (Lipinski definition) is 2. The lowest BCUT2D eigenvalue weighted by molar-refractivity contribution is -0.118. The fourth-order valence-electron chi connectivity index (χ4n) is 2.37. The van der Waals surface area contributed by atoms with Crippen LogP contribution in [0.15, 0.2) is 42.5 Å². The molecule has 5 nitrogen and oxygen atoms in total. The van der Waals surface area contributed by atoms with Crippen LogP contribution in [-0.2, 0) is 11.3 Å². The zero-order chi connectivity index (χ0) is 15.5. The Hall–Kier alpha value is -2.82. The Morgan fingerprint density at radius 3 is 2.86 bits per heavy atom. The Labute approximate surface area is 128 Å². The van der Waals surface area contributed by atoms with E-state index >= 15 is 0 Å². The summed E-state index contributed by atoms with van der Waals surface area (Å²) in [4.78, 5) is 23.8. The van der Waals surface area contributed by atoms with Gasteiger partial charge in [-0.05, 0) is 30.2 Å². The van der Waals surface area contributed by atoms with E-state index in [-0.39, 0.29) is 18.4 Å². The summed E-state index contributed by atoms with van der Waals surface area (Å²) in [6.45, 7) is 2.41. The molecule has 2 aromatic rings. The van der Waals surface area contributed by atoms with Crippen molar-refractivity contribution in [3.8, 4) is 5.75 Å². The van der Waals surface area contributed by atoms with Gasteiger partial charge in [0, 0.05) is 6.54 Å². The molecule has 0 aliphatic carbocycles. The largest absolute Gasteiger partial charge is 0.482 e. The number of carbonyl (C=O) groups excluding carboxylic acids is 2. The average Bonchev–Trinajstić information content (AvgIpc) is 2.53. The maximum Gasteiger partial charge on any atom is 0.262 e. The van der Waals surface area contributed by atoms with E-state index < -0.39 is 0 Å². The minimum atomic E-state index is -0.258. The topological polar surface area (TPSA) is 67.4 Å². The fourth-order valence-corrected chi connectivity index (χ4v) is 2.37. The summed E-state index contributed by atoms with van der Waals surface area (Å²) in [5, 5.41) is 5.57. The van der Waals surface area contributed by atoms with Crippen molar-refractivity contribution in [2.75, 3.05) is 11.9 Å². The number of nitrogens with one attached hydrogen (secondary N) is 2. The number of para-hydroxylation sites is 1. The summed E-state index contributed by atoms with van der Waals surface area (Å²) in [7, 11) is 0. The summed E-state index contributed by atoms with van der Waals surface area (Å²) >= 11 is 0. The smallest absolute Gasteiger partial charge is 0.262 e. The van der Waals surface area contributed by atoms with Gasteiger partial charge in [0.15, 0.2) is 6.61 Å². The van der Waals surface area contributed by atoms with Gasteiger partial charge in [-0.2, -0.15) is 0 Å². The Bertz CT molecular complexity index is 740. The molecular formula is C17H16N2O3. The van der Waals surface area contributed by atoms with Crippen LogP contribution in [0.1, 0.15) is 21.5 Å². The molecule has 0 saturated carbocycles. The van der Waals surface area contributed by atoms with Crippen molar-refractivity contribution in [3.05, 3.63) is 59.2 Å². The second-order valence-electron chi connectivity index (χ2n) is 5.12. The van der Waals surface area contributed by atoms with Crippen LogP contribution in [0.2, 0.25) is 0 Å². The number of ether oxygens (including phenoxy) is 1. The van der Waals surface area contributed by atoms with Gasteiger partial charge in [-0.25, -0.2) is 0 Å². The number of rotatable bonds is 3. The Balaban J connectivity index is 1.79. The zero-order valence-electron chi connectivity index (χ0n) is 12.2. The quantitative estimate of drug-likeness (QED) is 0.913. The van der Waals surface area contributed by atoms with Crippen LogP contribution in [-0.4, -0.2) is 18.4 Å². The first-order chi connectivity index (χ1) is 10.6. The lowest BCUT2D eigenvalue weighted by Gasteiger charge is -2.20. The normalized spacial score (nSPS) is 12.9. The highest BCUT2D eigenvalue weighted by Gasteiger charge is 2.22. The molecule has 0 aromatic heterocycles. The molecule has 0 fully saturated rings. The van der Waals surface area contributed by atoms with E-state index in [4.69, 9.17) is 4.74 Å². The number of amides is 2. The Kier molecular flexibility index (Phi) is 3.78. The van der Waals surface area contributed by atoms with Crippen LogP contribution >= 0.6 is 0 Å². The summed E-state index contributed by atoms with van der Waals surface area (Å²) < 4.78 is 5.32. The van der Waals surface area contributed by atoms with Gasteiger partial charge in [0.1, 0.15) is 5.75 Å². The van der Waals surface area contributed by atoms with E-state index in [0.29, 0.717) is 23.5 Å². The molecule has 2 N–H and O–H groups in total. The van der Waals surface area contributed by atoms with Crippen molar-refractivity contribution < 1.29 is 14.3 Å². The third kappa shape index (κ3) is 2.79. The van der Waals surface area contributed by atoms with Gasteiger partial charge in [0.25, 0.3) is 11.8 Å². The molecule has 0 unspecified atom stereocenters. The zero-order valence-corrected chi connectivity index (χ0v) is 12.2. The summed E-state index contributed by atoms with van der Waals surface area (Å²) in [5.41, 5.74) is 3.01. The van der Waals surface area contributed by atoms with Crippen LogP contribution in [0, 0.1) is 6.92 Å². The van der Waals surface area contributed by atoms with Gasteiger partial charge in [-0.1, -0.05) is 30.3 Å². The highest BCUT2D eigenvalue weighted by molar-refractivity contribution is 6.06. The molecule has 1 aliphatic heterocycles. The lowest BCUT2D eigenvalue weighted by atomic mass is 10.1. The van der Waals surface area contributed by atoms with E-state index in [1.165, 1.54) is 0 Å². The molecule has 22 heavy (non-hydrogen) atoms. The number of hydrogen-bond acceptors (Lipinski definition) is 3. The third-order valence-electron chi connectivity index (χ3n) is 3.59. The second kappa shape index (κ2) is 5.89. The molecule has 2 amide bonds. The molecule has 0 radical (unpaired) electrons. The van der Waals surface area contributed by atoms with Crippen molar-refractivity contribution in [3.63, 3.8) is 0 Å². The molecule has 1 aliphatic rings. The monoisotopic (exact) mass is 296 g/mol. The van der Waals surface area contributed by atoms with Crippen LogP contribution in [0.4, 0.5) is 5.69 Å². The maximum atomic E-state index is 12.4. The van der Waals surface area contributed by atoms with Gasteiger partial charge in [0.05, 0.1) is 11.3 Å². The number of anilines is 1. The summed E-state index contributed by atoms with van der Waals surface area (Å²) in [6.07, 6.45) is 0. The molecule has 5 heteroatoms. The Morgan fingerprint density at radius 1 is 1.23 bits per heavy atom. The predicted octanol–water partition coefficient (Wildman–Crippen LogP) is 2.26. The fraction of sp³-hybridized carbons (Fsp3) is 0.176. The van der Waals surface area contributed by atoms with Crippen molar-refractivity contribution in [1.29, 1.82) is 0 Å². The number of benzene rings is 2. The van der Waals surface area contributed by atoms with E-state index in [2.05, 4.69) is 10.6 Å². The number of aryl methyl sites for hydroxylation is 1. The minimum Gasteiger partial charge on any atom is -0.482 e. The minimum absolute atomic E-state index is 0.0265. The van der Waals surface area contributed by atoms with Gasteiger partial charge < -0.3 is 15.4 Å². The second-order valence-corrected chi connectivity index (χ2v) is 5.12. The molecule has 2 aromatic carbocycles. The van der Waals surface area contributed by atoms with E-state index in [1.807, 2.05) is 31.2 Å². The molecule has 0 saturated heterocycles. The van der Waals surface area contributed by atoms with Gasteiger partial charge in [-0.15, -0.1) is 0 Å².